The van der Waals surface area contributed by atoms with Crippen LogP contribution in [0.4, 0.5) is 11.4 Å². The molecule has 1 N–H and O–H groups in total. The van der Waals surface area contributed by atoms with E-state index in [1.807, 2.05) is 77.7 Å². The van der Waals surface area contributed by atoms with Crippen LogP contribution < -0.4 is 19.7 Å². The summed E-state index contributed by atoms with van der Waals surface area (Å²) in [5, 5.41) is 3.04. The highest BCUT2D eigenvalue weighted by molar-refractivity contribution is 9.10. The molecule has 4 aromatic carbocycles. The fraction of sp³-hybridized carbons (Fsp3) is 0.147. The molecule has 7 nitrogen and oxygen atoms in total. The number of carbonyl (C=O) groups excluding carboxylic acids is 3. The van der Waals surface area contributed by atoms with Crippen LogP contribution in [0.1, 0.15) is 31.8 Å². The zero-order valence-electron chi connectivity index (χ0n) is 22.1. The van der Waals surface area contributed by atoms with Crippen molar-refractivity contribution in [3.8, 4) is 11.5 Å². The van der Waals surface area contributed by atoms with Crippen molar-refractivity contribution in [1.82, 2.24) is 0 Å². The van der Waals surface area contributed by atoms with Crippen molar-refractivity contribution < 1.29 is 23.9 Å². The molecule has 0 bridgehead atoms. The van der Waals surface area contributed by atoms with Gasteiger partial charge in [-0.05, 0) is 53.6 Å². The third kappa shape index (κ3) is 3.35. The third-order valence-electron chi connectivity index (χ3n) is 8.86. The van der Waals surface area contributed by atoms with Crippen LogP contribution in [0.15, 0.2) is 102 Å². The van der Waals surface area contributed by atoms with Gasteiger partial charge in [0.1, 0.15) is 11.5 Å². The molecule has 4 atom stereocenters. The van der Waals surface area contributed by atoms with Crippen LogP contribution in [0.25, 0.3) is 6.08 Å². The molecule has 42 heavy (non-hydrogen) atoms. The van der Waals surface area contributed by atoms with Crippen molar-refractivity contribution in [2.24, 2.45) is 5.92 Å². The molecular formula is C34H23BrN2O5. The molecule has 4 aromatic rings. The molecule has 206 valence electrons. The molecule has 4 aliphatic rings. The van der Waals surface area contributed by atoms with E-state index in [4.69, 9.17) is 9.47 Å². The molecule has 4 heterocycles. The normalized spacial score (nSPS) is 24.3. The van der Waals surface area contributed by atoms with Crippen LogP contribution in [-0.2, 0) is 10.2 Å². The summed E-state index contributed by atoms with van der Waals surface area (Å²) >= 11 is 3.46. The summed E-state index contributed by atoms with van der Waals surface area (Å²) in [5.74, 6) is -0.717. The number of ether oxygens (including phenoxy) is 2. The Labute approximate surface area is 249 Å². The minimum atomic E-state index is -1.51. The molecule has 0 unspecified atom stereocenters. The first-order valence-corrected chi connectivity index (χ1v) is 14.5. The molecule has 1 fully saturated rings. The second kappa shape index (κ2) is 9.16. The summed E-state index contributed by atoms with van der Waals surface area (Å²) in [7, 11) is 0. The molecular weight excluding hydrogens is 596 g/mol. The topological polar surface area (TPSA) is 84.9 Å². The number of anilines is 2. The van der Waals surface area contributed by atoms with Crippen molar-refractivity contribution in [2.75, 3.05) is 17.0 Å². The predicted octanol–water partition coefficient (Wildman–Crippen LogP) is 6.03. The lowest BCUT2D eigenvalue weighted by Gasteiger charge is -2.37. The molecule has 1 saturated heterocycles. The highest BCUT2D eigenvalue weighted by atomic mass is 79.9. The maximum atomic E-state index is 14.8. The fourth-order valence-corrected chi connectivity index (χ4v) is 7.40. The van der Waals surface area contributed by atoms with Crippen LogP contribution >= 0.6 is 15.9 Å². The Morgan fingerprint density at radius 2 is 1.60 bits per heavy atom. The van der Waals surface area contributed by atoms with Gasteiger partial charge in [-0.2, -0.15) is 0 Å². The Bertz CT molecular complexity index is 1850. The first-order chi connectivity index (χ1) is 20.5. The molecule has 0 aliphatic carbocycles. The van der Waals surface area contributed by atoms with Crippen LogP contribution in [-0.4, -0.2) is 36.4 Å². The van der Waals surface area contributed by atoms with Crippen LogP contribution in [0.5, 0.6) is 11.5 Å². The van der Waals surface area contributed by atoms with Gasteiger partial charge in [0, 0.05) is 27.0 Å². The molecule has 0 radical (unpaired) electrons. The summed E-state index contributed by atoms with van der Waals surface area (Å²) < 4.78 is 11.9. The van der Waals surface area contributed by atoms with Crippen LogP contribution in [0, 0.1) is 5.92 Å². The summed E-state index contributed by atoms with van der Waals surface area (Å²) in [4.78, 5) is 46.1. The maximum absolute atomic E-state index is 14.8. The summed E-state index contributed by atoms with van der Waals surface area (Å²) in [6.07, 6.45) is 3.94. The number of halogens is 1. The standard InChI is InChI=1S/C34H23BrN2O5/c35-22-13-9-20(10-14-22)31(39)32-34(23-6-2-3-7-24(23)36-33(34)40)29(26-15-11-19-5-1-4-8-25(19)37(26)32)30(38)21-12-16-27-28(17-21)42-18-41-27/h1-17,26,29,32H,18H2,(H,36,40)/t26-,29-,32+,34+/m1/s1. The molecule has 8 heteroatoms. The highest BCUT2D eigenvalue weighted by Crippen LogP contribution is 2.58. The number of hydrogen-bond acceptors (Lipinski definition) is 6. The zero-order valence-corrected chi connectivity index (χ0v) is 23.7. The number of hydrogen-bond donors (Lipinski definition) is 1. The average Bonchev–Trinajstić information content (AvgIpc) is 3.69. The number of carbonyl (C=O) groups is 3. The molecule has 1 amide bonds. The summed E-state index contributed by atoms with van der Waals surface area (Å²) in [6.45, 7) is 0.0792. The smallest absolute Gasteiger partial charge is 0.238 e. The SMILES string of the molecule is O=C(c1ccc(Br)cc1)[C@@H]1N2c3ccccc3C=C[C@@H]2[C@H](C(=O)c2ccc3c(c2)OCO3)[C@]12C(=O)Nc1ccccc12. The Kier molecular flexibility index (Phi) is 5.46. The van der Waals surface area contributed by atoms with E-state index in [0.717, 1.165) is 15.7 Å². The molecule has 0 aromatic heterocycles. The van der Waals surface area contributed by atoms with Gasteiger partial charge in [0.05, 0.1) is 12.0 Å². The van der Waals surface area contributed by atoms with E-state index in [2.05, 4.69) is 21.2 Å². The van der Waals surface area contributed by atoms with E-state index in [1.54, 1.807) is 30.3 Å². The average molecular weight is 619 g/mol. The lowest BCUT2D eigenvalue weighted by molar-refractivity contribution is -0.121. The number of fused-ring (bicyclic) bond motifs is 6. The number of amides is 1. The number of para-hydroxylation sites is 2. The lowest BCUT2D eigenvalue weighted by atomic mass is 9.63. The molecule has 4 aliphatic heterocycles. The van der Waals surface area contributed by atoms with Gasteiger partial charge in [-0.1, -0.05) is 76.6 Å². The Balaban J connectivity index is 1.41. The van der Waals surface area contributed by atoms with Crippen molar-refractivity contribution >= 4 is 50.9 Å². The van der Waals surface area contributed by atoms with E-state index >= 15 is 0 Å². The van der Waals surface area contributed by atoms with Crippen molar-refractivity contribution in [3.05, 3.63) is 124 Å². The van der Waals surface area contributed by atoms with Gasteiger partial charge in [-0.25, -0.2) is 0 Å². The second-order valence-corrected chi connectivity index (χ2v) is 11.8. The molecule has 1 spiro atoms. The highest BCUT2D eigenvalue weighted by Gasteiger charge is 2.71. The number of ketones is 2. The Morgan fingerprint density at radius 1 is 0.857 bits per heavy atom. The molecule has 8 rings (SSSR count). The van der Waals surface area contributed by atoms with Gasteiger partial charge in [0.25, 0.3) is 0 Å². The van der Waals surface area contributed by atoms with E-state index in [-0.39, 0.29) is 24.3 Å². The minimum absolute atomic E-state index is 0.0792. The monoisotopic (exact) mass is 618 g/mol. The first kappa shape index (κ1) is 25.1. The van der Waals surface area contributed by atoms with E-state index in [0.29, 0.717) is 33.9 Å². The van der Waals surface area contributed by atoms with Crippen molar-refractivity contribution in [3.63, 3.8) is 0 Å². The minimum Gasteiger partial charge on any atom is -0.454 e. The van der Waals surface area contributed by atoms with Crippen LogP contribution in [0.3, 0.4) is 0 Å². The lowest BCUT2D eigenvalue weighted by Crippen LogP contribution is -2.55. The van der Waals surface area contributed by atoms with Gasteiger partial charge >= 0.3 is 0 Å². The number of rotatable bonds is 4. The number of nitrogens with one attached hydrogen (secondary N) is 1. The number of benzene rings is 4. The second-order valence-electron chi connectivity index (χ2n) is 10.9. The fourth-order valence-electron chi connectivity index (χ4n) is 7.14. The maximum Gasteiger partial charge on any atom is 0.238 e. The third-order valence-corrected chi connectivity index (χ3v) is 9.39. The van der Waals surface area contributed by atoms with Gasteiger partial charge in [-0.15, -0.1) is 0 Å². The summed E-state index contributed by atoms with van der Waals surface area (Å²) in [5.41, 5.74) is 2.31. The van der Waals surface area contributed by atoms with Gasteiger partial charge in [-0.3, -0.25) is 14.4 Å². The van der Waals surface area contributed by atoms with E-state index in [1.165, 1.54) is 0 Å². The number of nitrogens with zero attached hydrogens (tertiary/aromatic N) is 1. The number of Topliss-reactive ketones (excluding diaryl/α,β-unsaturated/α-hetero) is 2. The van der Waals surface area contributed by atoms with Crippen molar-refractivity contribution in [2.45, 2.75) is 17.5 Å². The van der Waals surface area contributed by atoms with Crippen molar-refractivity contribution in [1.29, 1.82) is 0 Å². The first-order valence-electron chi connectivity index (χ1n) is 13.7. The Morgan fingerprint density at radius 3 is 2.45 bits per heavy atom. The quantitative estimate of drug-likeness (QED) is 0.281. The van der Waals surface area contributed by atoms with Crippen LogP contribution in [0.2, 0.25) is 0 Å². The summed E-state index contributed by atoms with van der Waals surface area (Å²) in [6, 6.07) is 25.8. The van der Waals surface area contributed by atoms with Gasteiger partial charge in [0.2, 0.25) is 12.7 Å². The largest absolute Gasteiger partial charge is 0.454 e. The molecule has 0 saturated carbocycles. The van der Waals surface area contributed by atoms with Gasteiger partial charge in [0.15, 0.2) is 23.1 Å². The Hall–Kier alpha value is -4.69. The zero-order chi connectivity index (χ0) is 28.6. The van der Waals surface area contributed by atoms with E-state index in [9.17, 15) is 14.4 Å². The van der Waals surface area contributed by atoms with Gasteiger partial charge < -0.3 is 19.7 Å². The predicted molar refractivity (Wildman–Crippen MR) is 161 cm³/mol. The van der Waals surface area contributed by atoms with E-state index < -0.39 is 23.4 Å².